The largest absolute Gasteiger partial charge is 2.00 e. The van der Waals surface area contributed by atoms with Crippen molar-refractivity contribution in [3.8, 4) is 0 Å². The summed E-state index contributed by atoms with van der Waals surface area (Å²) in [6.07, 6.45) is -4.92. The van der Waals surface area contributed by atoms with Gasteiger partial charge in [-0.25, -0.2) is 17.6 Å². The number of rotatable bonds is 4. The summed E-state index contributed by atoms with van der Waals surface area (Å²) in [7, 11) is 0. The van der Waals surface area contributed by atoms with E-state index in [4.69, 9.17) is 0 Å². The van der Waals surface area contributed by atoms with Crippen LogP contribution in [0.3, 0.4) is 0 Å². The average Bonchev–Trinajstić information content (AvgIpc) is 2.15. The van der Waals surface area contributed by atoms with Gasteiger partial charge in [0.15, 0.2) is 12.3 Å². The van der Waals surface area contributed by atoms with Gasteiger partial charge in [0.2, 0.25) is 0 Å². The predicted octanol–water partition coefficient (Wildman–Crippen LogP) is -1.91. The maximum atomic E-state index is 11.2. The molecule has 0 aliphatic rings. The Labute approximate surface area is 103 Å². The van der Waals surface area contributed by atoms with Crippen molar-refractivity contribution in [1.82, 2.24) is 0 Å². The standard InChI is InChI=1S/2C3H4F2O2.Hg/c2*4-1-2(5)3(6)7;/h2*2H,1H2,(H,6,7);/q;;+2/p-2. The van der Waals surface area contributed by atoms with Crippen molar-refractivity contribution in [3.63, 3.8) is 0 Å². The molecule has 0 rings (SSSR count). The number of carboxylic acid groups (broad SMARTS) is 2. The Kier molecular flexibility index (Phi) is 15.6. The maximum Gasteiger partial charge on any atom is 2.00 e. The second kappa shape index (κ2) is 11.7. The van der Waals surface area contributed by atoms with Crippen LogP contribution in [-0.2, 0) is 37.3 Å². The van der Waals surface area contributed by atoms with Gasteiger partial charge in [-0.05, 0) is 0 Å². The van der Waals surface area contributed by atoms with Crippen LogP contribution in [0.15, 0.2) is 0 Å². The van der Waals surface area contributed by atoms with E-state index in [1.807, 2.05) is 0 Å². The zero-order chi connectivity index (χ0) is 11.7. The molecule has 0 radical (unpaired) electrons. The van der Waals surface area contributed by atoms with Gasteiger partial charge in [0.05, 0.1) is 11.9 Å². The smallest absolute Gasteiger partial charge is 0.547 e. The number of alkyl halides is 4. The van der Waals surface area contributed by atoms with E-state index in [0.717, 1.165) is 0 Å². The summed E-state index contributed by atoms with van der Waals surface area (Å²) in [5.41, 5.74) is 0. The zero-order valence-corrected chi connectivity index (χ0v) is 12.9. The molecule has 84 valence electrons. The summed E-state index contributed by atoms with van der Waals surface area (Å²) in [5, 5.41) is 18.4. The second-order valence-electron chi connectivity index (χ2n) is 1.88. The third-order valence-corrected chi connectivity index (χ3v) is 0.782. The molecule has 0 aromatic rings. The van der Waals surface area contributed by atoms with E-state index < -0.39 is 37.6 Å². The first-order valence-electron chi connectivity index (χ1n) is 3.18. The topological polar surface area (TPSA) is 80.3 Å². The molecule has 0 N–H and O–H groups in total. The van der Waals surface area contributed by atoms with Crippen molar-refractivity contribution in [2.24, 2.45) is 0 Å². The van der Waals surface area contributed by atoms with Gasteiger partial charge in [-0.3, -0.25) is 0 Å². The van der Waals surface area contributed by atoms with E-state index in [9.17, 15) is 37.4 Å². The molecule has 0 spiro atoms. The molecule has 15 heavy (non-hydrogen) atoms. The maximum absolute atomic E-state index is 11.2. The molecule has 0 bridgehead atoms. The Bertz CT molecular complexity index is 172. The van der Waals surface area contributed by atoms with Gasteiger partial charge < -0.3 is 19.8 Å². The summed E-state index contributed by atoms with van der Waals surface area (Å²) in [6, 6.07) is 0. The zero-order valence-electron chi connectivity index (χ0n) is 7.42. The van der Waals surface area contributed by atoms with Crippen molar-refractivity contribution in [2.75, 3.05) is 13.3 Å². The minimum absolute atomic E-state index is 0. The molecular formula is C6H6F4HgO4. The molecule has 0 heterocycles. The Morgan fingerprint density at radius 2 is 1.13 bits per heavy atom. The van der Waals surface area contributed by atoms with Gasteiger partial charge >= 0.3 is 27.7 Å². The van der Waals surface area contributed by atoms with E-state index in [-0.39, 0.29) is 27.7 Å². The predicted molar refractivity (Wildman–Crippen MR) is 31.8 cm³/mol. The molecule has 0 aromatic carbocycles. The quantitative estimate of drug-likeness (QED) is 0.394. The van der Waals surface area contributed by atoms with E-state index in [1.54, 1.807) is 0 Å². The van der Waals surface area contributed by atoms with Crippen molar-refractivity contribution < 1.29 is 65.0 Å². The van der Waals surface area contributed by atoms with Crippen LogP contribution in [0.4, 0.5) is 17.6 Å². The van der Waals surface area contributed by atoms with Crippen LogP contribution in [0.25, 0.3) is 0 Å². The fourth-order valence-corrected chi connectivity index (χ4v) is 0.126. The number of hydrogen-bond acceptors (Lipinski definition) is 4. The number of aliphatic carboxylic acids is 2. The number of carboxylic acids is 2. The number of hydrogen-bond donors (Lipinski definition) is 0. The molecular weight excluding hydrogens is 413 g/mol. The summed E-state index contributed by atoms with van der Waals surface area (Å²) >= 11 is 0. The van der Waals surface area contributed by atoms with Gasteiger partial charge in [-0.15, -0.1) is 0 Å². The van der Waals surface area contributed by atoms with Crippen LogP contribution in [0.2, 0.25) is 0 Å². The molecule has 2 atom stereocenters. The Morgan fingerprint density at radius 1 is 0.933 bits per heavy atom. The van der Waals surface area contributed by atoms with Gasteiger partial charge in [-0.1, -0.05) is 0 Å². The third-order valence-electron chi connectivity index (χ3n) is 0.782. The third kappa shape index (κ3) is 13.6. The molecule has 2 unspecified atom stereocenters. The minimum Gasteiger partial charge on any atom is -0.547 e. The molecule has 0 fully saturated rings. The van der Waals surface area contributed by atoms with E-state index in [0.29, 0.717) is 0 Å². The molecule has 0 aromatic heterocycles. The van der Waals surface area contributed by atoms with Crippen LogP contribution in [0.5, 0.6) is 0 Å². The van der Waals surface area contributed by atoms with Crippen LogP contribution in [-0.4, -0.2) is 37.6 Å². The second-order valence-corrected chi connectivity index (χ2v) is 1.88. The van der Waals surface area contributed by atoms with Crippen LogP contribution < -0.4 is 10.2 Å². The molecule has 0 saturated heterocycles. The summed E-state index contributed by atoms with van der Waals surface area (Å²) in [5.74, 6) is -4.00. The van der Waals surface area contributed by atoms with Gasteiger partial charge in [0, 0.05) is 0 Å². The number of halogens is 4. The average molecular weight is 419 g/mol. The first kappa shape index (κ1) is 20.1. The van der Waals surface area contributed by atoms with Crippen molar-refractivity contribution in [3.05, 3.63) is 0 Å². The van der Waals surface area contributed by atoms with Crippen molar-refractivity contribution in [2.45, 2.75) is 12.3 Å². The minimum atomic E-state index is -2.46. The van der Waals surface area contributed by atoms with Gasteiger partial charge in [-0.2, -0.15) is 0 Å². The van der Waals surface area contributed by atoms with Crippen LogP contribution in [0, 0.1) is 0 Å². The molecule has 9 heteroatoms. The van der Waals surface area contributed by atoms with Crippen molar-refractivity contribution in [1.29, 1.82) is 0 Å². The summed E-state index contributed by atoms with van der Waals surface area (Å²) < 4.78 is 44.1. The molecule has 0 aliphatic carbocycles. The number of carbonyl (C=O) groups is 2. The first-order valence-corrected chi connectivity index (χ1v) is 3.18. The normalized spacial score (nSPS) is 12.5. The SMILES string of the molecule is O=C([O-])C(F)CF.O=C([O-])C(F)CF.[Hg+2]. The molecule has 0 aliphatic heterocycles. The van der Waals surface area contributed by atoms with Crippen LogP contribution >= 0.6 is 0 Å². The summed E-state index contributed by atoms with van der Waals surface area (Å²) in [6.45, 7) is -3.02. The van der Waals surface area contributed by atoms with E-state index in [2.05, 4.69) is 0 Å². The molecule has 4 nitrogen and oxygen atoms in total. The van der Waals surface area contributed by atoms with Crippen molar-refractivity contribution >= 4 is 11.9 Å². The fourth-order valence-electron chi connectivity index (χ4n) is 0.126. The Balaban J connectivity index is -0.000000180. The Hall–Kier alpha value is -0.405. The summed E-state index contributed by atoms with van der Waals surface area (Å²) in [4.78, 5) is 18.4. The van der Waals surface area contributed by atoms with E-state index >= 15 is 0 Å². The monoisotopic (exact) mass is 420 g/mol. The first-order chi connectivity index (χ1) is 6.36. The molecule has 0 saturated carbocycles. The van der Waals surface area contributed by atoms with Gasteiger partial charge in [0.1, 0.15) is 13.3 Å². The van der Waals surface area contributed by atoms with E-state index in [1.165, 1.54) is 0 Å². The van der Waals surface area contributed by atoms with Gasteiger partial charge in [0.25, 0.3) is 0 Å². The Morgan fingerprint density at radius 3 is 1.13 bits per heavy atom. The molecule has 0 amide bonds. The fraction of sp³-hybridized carbons (Fsp3) is 0.667. The number of carbonyl (C=O) groups excluding carboxylic acids is 2. The van der Waals surface area contributed by atoms with Crippen LogP contribution in [0.1, 0.15) is 0 Å².